The summed E-state index contributed by atoms with van der Waals surface area (Å²) in [7, 11) is 1.87. The number of aromatic nitrogens is 6. The maximum absolute atomic E-state index is 12.6. The van der Waals surface area contributed by atoms with Crippen LogP contribution >= 0.6 is 0 Å². The molecule has 184 valence electrons. The van der Waals surface area contributed by atoms with Crippen LogP contribution in [0.1, 0.15) is 29.0 Å². The third-order valence-corrected chi connectivity index (χ3v) is 5.41. The first-order valence-electron chi connectivity index (χ1n) is 10.5. The Balaban J connectivity index is 0.000000271. The minimum atomic E-state index is -4.60. The Morgan fingerprint density at radius 2 is 1.83 bits per heavy atom. The van der Waals surface area contributed by atoms with Gasteiger partial charge in [-0.25, -0.2) is 18.7 Å². The average molecular weight is 493 g/mol. The van der Waals surface area contributed by atoms with Crippen molar-refractivity contribution in [2.75, 3.05) is 20.1 Å². The Labute approximate surface area is 195 Å². The molecule has 5 heterocycles. The number of carbonyl (C=O) groups is 1. The van der Waals surface area contributed by atoms with Gasteiger partial charge in [0.2, 0.25) is 5.82 Å². The van der Waals surface area contributed by atoms with E-state index in [1.165, 1.54) is 18.5 Å². The number of nitrogens with zero attached hydrogens (tertiary/aromatic N) is 6. The Hall–Kier alpha value is -3.74. The normalized spacial score (nSPS) is 16.1. The summed E-state index contributed by atoms with van der Waals surface area (Å²) in [5.41, 5.74) is 1.95. The Morgan fingerprint density at radius 3 is 2.40 bits per heavy atom. The Bertz CT molecular complexity index is 1300. The van der Waals surface area contributed by atoms with Crippen LogP contribution in [0.3, 0.4) is 0 Å². The predicted octanol–water partition coefficient (Wildman–Crippen LogP) is 4.38. The summed E-state index contributed by atoms with van der Waals surface area (Å²) in [4.78, 5) is 24.5. The Morgan fingerprint density at radius 1 is 1.09 bits per heavy atom. The topological polar surface area (TPSA) is 92.6 Å². The van der Waals surface area contributed by atoms with E-state index in [1.807, 2.05) is 17.0 Å². The molecule has 0 aromatic carbocycles. The molecule has 0 atom stereocenters. The number of nitrogens with one attached hydrogen (secondary N) is 1. The van der Waals surface area contributed by atoms with Crippen molar-refractivity contribution in [1.82, 2.24) is 34.6 Å². The minimum absolute atomic E-state index is 0.0312. The lowest BCUT2D eigenvalue weighted by molar-refractivity contribution is -0.144. The second-order valence-electron chi connectivity index (χ2n) is 8.05. The smallest absolute Gasteiger partial charge is 0.306 e. The second-order valence-corrected chi connectivity index (χ2v) is 8.05. The molecule has 1 N–H and O–H groups in total. The average Bonchev–Trinajstić information content (AvgIpc) is 3.49. The van der Waals surface area contributed by atoms with Gasteiger partial charge in [0.15, 0.2) is 12.1 Å². The number of carbonyl (C=O) groups excluding carboxylic acids is 1. The van der Waals surface area contributed by atoms with Crippen LogP contribution in [-0.2, 0) is 6.18 Å². The van der Waals surface area contributed by atoms with Gasteiger partial charge in [-0.2, -0.15) is 18.3 Å². The maximum Gasteiger partial charge on any atom is 0.451 e. The van der Waals surface area contributed by atoms with Crippen molar-refractivity contribution in [3.05, 3.63) is 54.2 Å². The van der Waals surface area contributed by atoms with Gasteiger partial charge in [-0.3, -0.25) is 19.4 Å². The molecule has 1 aliphatic heterocycles. The van der Waals surface area contributed by atoms with Gasteiger partial charge in [0.05, 0.1) is 11.9 Å². The number of fused-ring (bicyclic) bond motifs is 1. The number of hydrogen-bond acceptors (Lipinski definition) is 6. The van der Waals surface area contributed by atoms with E-state index in [4.69, 9.17) is 0 Å². The molecule has 4 aromatic heterocycles. The zero-order valence-corrected chi connectivity index (χ0v) is 18.4. The third kappa shape index (κ3) is 5.67. The van der Waals surface area contributed by atoms with E-state index in [1.54, 1.807) is 29.0 Å². The van der Waals surface area contributed by atoms with Crippen molar-refractivity contribution in [3.63, 3.8) is 0 Å². The largest absolute Gasteiger partial charge is 0.451 e. The quantitative estimate of drug-likeness (QED) is 0.336. The highest BCUT2D eigenvalue weighted by molar-refractivity contribution is 5.85. The fourth-order valence-electron chi connectivity index (χ4n) is 3.42. The lowest BCUT2D eigenvalue weighted by Crippen LogP contribution is -2.36. The van der Waals surface area contributed by atoms with Crippen LogP contribution < -0.4 is 0 Å². The van der Waals surface area contributed by atoms with Crippen LogP contribution in [-0.4, -0.2) is 67.0 Å². The highest BCUT2D eigenvalue weighted by atomic mass is 19.4. The van der Waals surface area contributed by atoms with Crippen LogP contribution in [0.15, 0.2) is 42.9 Å². The summed E-state index contributed by atoms with van der Waals surface area (Å²) in [5.74, 6) is -3.70. The number of piperidine rings is 1. The molecule has 35 heavy (non-hydrogen) atoms. The maximum atomic E-state index is 12.6. The van der Waals surface area contributed by atoms with Crippen molar-refractivity contribution in [2.45, 2.75) is 24.9 Å². The molecule has 0 bridgehead atoms. The zero-order valence-electron chi connectivity index (χ0n) is 18.4. The van der Waals surface area contributed by atoms with Gasteiger partial charge >= 0.3 is 6.18 Å². The molecule has 1 fully saturated rings. The fourth-order valence-corrected chi connectivity index (χ4v) is 3.42. The molecule has 1 saturated heterocycles. The highest BCUT2D eigenvalue weighted by Gasteiger charge is 2.35. The monoisotopic (exact) mass is 493 g/mol. The van der Waals surface area contributed by atoms with Gasteiger partial charge in [-0.15, -0.1) is 0 Å². The molecule has 0 amide bonds. The van der Waals surface area contributed by atoms with E-state index in [9.17, 15) is 26.7 Å². The zero-order chi connectivity index (χ0) is 25.2. The van der Waals surface area contributed by atoms with E-state index in [0.717, 1.165) is 5.39 Å². The number of H-pyrrole nitrogens is 1. The van der Waals surface area contributed by atoms with Crippen molar-refractivity contribution in [2.24, 2.45) is 0 Å². The van der Waals surface area contributed by atoms with E-state index < -0.39 is 17.9 Å². The fraction of sp³-hybridized carbons (Fsp3) is 0.318. The molecular formula is C22H20F5N7O. The van der Waals surface area contributed by atoms with Crippen molar-refractivity contribution in [1.29, 1.82) is 0 Å². The lowest BCUT2D eigenvalue weighted by Gasteiger charge is -2.28. The molecule has 8 nitrogen and oxygen atoms in total. The summed E-state index contributed by atoms with van der Waals surface area (Å²) in [5, 5.41) is 6.18. The summed E-state index contributed by atoms with van der Waals surface area (Å²) >= 11 is 0. The number of alkyl halides is 5. The number of aromatic amines is 1. The van der Waals surface area contributed by atoms with E-state index in [2.05, 4.69) is 20.1 Å². The van der Waals surface area contributed by atoms with Crippen LogP contribution in [0, 0.1) is 0 Å². The molecule has 0 saturated carbocycles. The summed E-state index contributed by atoms with van der Waals surface area (Å²) in [6.45, 7) is 1.07. The van der Waals surface area contributed by atoms with E-state index >= 15 is 0 Å². The number of aldehydes is 1. The number of likely N-dealkylation sites (tertiary alicyclic amines) is 1. The SMILES string of the molecule is CN1CCC(F)(F)CC1.O=Cc1cnc2c(ccn2-c2ccc(-c3n[nH]c(C(F)(F)F)n3)nc2)c1. The second kappa shape index (κ2) is 9.49. The predicted molar refractivity (Wildman–Crippen MR) is 116 cm³/mol. The van der Waals surface area contributed by atoms with Crippen LogP contribution in [0.5, 0.6) is 0 Å². The number of hydrogen-bond donors (Lipinski definition) is 1. The number of rotatable bonds is 3. The van der Waals surface area contributed by atoms with Gasteiger partial charge in [0.25, 0.3) is 5.92 Å². The van der Waals surface area contributed by atoms with Crippen molar-refractivity contribution < 1.29 is 26.7 Å². The molecule has 5 rings (SSSR count). The van der Waals surface area contributed by atoms with Crippen LogP contribution in [0.2, 0.25) is 0 Å². The standard InChI is InChI=1S/C16H9F3N6O.C6H11F2N/c17-16(18,19)15-22-13(23-24-15)12-2-1-11(7-20-12)25-4-3-10-5-9(8-26)6-21-14(10)25;1-9-4-2-6(7,8)3-5-9/h1-8H,(H,22,23,24);2-5H2,1H3. The number of pyridine rings is 2. The van der Waals surface area contributed by atoms with Gasteiger partial charge < -0.3 is 4.90 Å². The molecule has 13 heteroatoms. The van der Waals surface area contributed by atoms with E-state index in [-0.39, 0.29) is 24.4 Å². The highest BCUT2D eigenvalue weighted by Crippen LogP contribution is 2.28. The van der Waals surface area contributed by atoms with Gasteiger partial charge in [-0.05, 0) is 31.3 Å². The summed E-state index contributed by atoms with van der Waals surface area (Å²) in [6.07, 6.45) is 0.881. The number of halogens is 5. The van der Waals surface area contributed by atoms with Gasteiger partial charge in [0.1, 0.15) is 11.3 Å². The molecule has 0 radical (unpaired) electrons. The molecule has 0 spiro atoms. The van der Waals surface area contributed by atoms with Gasteiger partial charge in [-0.1, -0.05) is 0 Å². The van der Waals surface area contributed by atoms with Crippen molar-refractivity contribution in [3.8, 4) is 17.2 Å². The minimum Gasteiger partial charge on any atom is -0.306 e. The molecule has 0 aliphatic carbocycles. The molecule has 1 aliphatic rings. The first-order chi connectivity index (χ1) is 16.6. The van der Waals surface area contributed by atoms with Gasteiger partial charge in [0, 0.05) is 49.3 Å². The van der Waals surface area contributed by atoms with Crippen LogP contribution in [0.25, 0.3) is 28.2 Å². The first-order valence-corrected chi connectivity index (χ1v) is 10.5. The van der Waals surface area contributed by atoms with Crippen molar-refractivity contribution >= 4 is 17.3 Å². The van der Waals surface area contributed by atoms with Crippen LogP contribution in [0.4, 0.5) is 22.0 Å². The molecule has 4 aromatic rings. The molecular weight excluding hydrogens is 473 g/mol. The summed E-state index contributed by atoms with van der Waals surface area (Å²) < 4.78 is 64.2. The third-order valence-electron chi connectivity index (χ3n) is 5.41. The Kier molecular flexibility index (Phi) is 6.61. The first kappa shape index (κ1) is 24.4. The molecule has 0 unspecified atom stereocenters. The van der Waals surface area contributed by atoms with E-state index in [0.29, 0.717) is 36.3 Å². The lowest BCUT2D eigenvalue weighted by atomic mass is 10.1. The summed E-state index contributed by atoms with van der Waals surface area (Å²) in [6, 6.07) is 6.69.